The maximum Gasteiger partial charge on any atom is 0.417 e. The molecule has 0 bridgehead atoms. The molecule has 2 rings (SSSR count). The molecule has 0 aromatic carbocycles. The third-order valence-corrected chi connectivity index (χ3v) is 2.51. The van der Waals surface area contributed by atoms with Crippen molar-refractivity contribution in [2.75, 3.05) is 7.05 Å². The second kappa shape index (κ2) is 4.92. The number of amides is 2. The Morgan fingerprint density at radius 1 is 1.30 bits per heavy atom. The first kappa shape index (κ1) is 14.0. The number of rotatable bonds is 1. The zero-order chi connectivity index (χ0) is 14.9. The highest BCUT2D eigenvalue weighted by atomic mass is 16.6. The van der Waals surface area contributed by atoms with Crippen LogP contribution in [0.1, 0.15) is 31.1 Å². The van der Waals surface area contributed by atoms with Crippen molar-refractivity contribution in [2.45, 2.75) is 26.4 Å². The van der Waals surface area contributed by atoms with E-state index in [0.29, 0.717) is 11.1 Å². The van der Waals surface area contributed by atoms with Crippen LogP contribution in [0.15, 0.2) is 24.5 Å². The van der Waals surface area contributed by atoms with E-state index in [4.69, 9.17) is 4.74 Å². The smallest absolute Gasteiger partial charge is 0.417 e. The molecule has 0 N–H and O–H groups in total. The average Bonchev–Trinajstić information content (AvgIpc) is 2.78. The molecule has 106 valence electrons. The predicted octanol–water partition coefficient (Wildman–Crippen LogP) is 1.74. The molecule has 0 unspecified atom stereocenters. The van der Waals surface area contributed by atoms with Gasteiger partial charge in [0.05, 0.1) is 11.8 Å². The number of aromatic nitrogens is 3. The zero-order valence-corrected chi connectivity index (χ0v) is 11.8. The van der Waals surface area contributed by atoms with Gasteiger partial charge >= 0.3 is 6.09 Å². The lowest BCUT2D eigenvalue weighted by Crippen LogP contribution is -2.38. The normalized spacial score (nSPS) is 11.4. The van der Waals surface area contributed by atoms with E-state index in [2.05, 4.69) is 10.2 Å². The summed E-state index contributed by atoms with van der Waals surface area (Å²) in [6, 6.07) is 3.40. The maximum absolute atomic E-state index is 12.3. The second-order valence-electron chi connectivity index (χ2n) is 5.30. The lowest BCUT2D eigenvalue weighted by molar-refractivity contribution is 0.0285. The topological polar surface area (TPSA) is 76.8 Å². The first-order valence-electron chi connectivity index (χ1n) is 6.09. The van der Waals surface area contributed by atoms with E-state index < -0.39 is 17.6 Å². The first-order chi connectivity index (χ1) is 9.29. The fourth-order valence-electron chi connectivity index (χ4n) is 1.59. The van der Waals surface area contributed by atoms with E-state index in [1.54, 1.807) is 39.1 Å². The summed E-state index contributed by atoms with van der Waals surface area (Å²) in [7, 11) is 1.37. The van der Waals surface area contributed by atoms with E-state index in [9.17, 15) is 9.59 Å². The third-order valence-electron chi connectivity index (χ3n) is 2.51. The fourth-order valence-corrected chi connectivity index (χ4v) is 1.59. The Labute approximate surface area is 116 Å². The molecule has 0 saturated heterocycles. The average molecular weight is 276 g/mol. The van der Waals surface area contributed by atoms with Crippen LogP contribution in [-0.2, 0) is 4.74 Å². The van der Waals surface area contributed by atoms with Crippen LogP contribution < -0.4 is 0 Å². The Morgan fingerprint density at radius 2 is 2.00 bits per heavy atom. The predicted molar refractivity (Wildman–Crippen MR) is 71.3 cm³/mol. The standard InChI is InChI=1S/C13H16N4O3/c1-13(2,3)20-12(19)16(4)11(18)9-8-15-17-10(9)6-5-7-14-17/h5-8H,1-4H3. The molecular formula is C13H16N4O3. The Hall–Kier alpha value is -2.44. The highest BCUT2D eigenvalue weighted by Gasteiger charge is 2.26. The minimum absolute atomic E-state index is 0.298. The van der Waals surface area contributed by atoms with Gasteiger partial charge in [-0.1, -0.05) is 0 Å². The molecule has 2 amide bonds. The number of hydrogen-bond donors (Lipinski definition) is 0. The van der Waals surface area contributed by atoms with Crippen LogP contribution in [0.4, 0.5) is 4.79 Å². The number of carbonyl (C=O) groups excluding carboxylic acids is 2. The molecule has 0 aliphatic heterocycles. The monoisotopic (exact) mass is 276 g/mol. The lowest BCUT2D eigenvalue weighted by atomic mass is 10.2. The molecule has 0 saturated carbocycles. The minimum Gasteiger partial charge on any atom is -0.443 e. The van der Waals surface area contributed by atoms with Crippen molar-refractivity contribution >= 4 is 17.5 Å². The first-order valence-corrected chi connectivity index (χ1v) is 6.09. The Kier molecular flexibility index (Phi) is 3.44. The fraction of sp³-hybridized carbons (Fsp3) is 0.385. The van der Waals surface area contributed by atoms with Crippen LogP contribution in [0.2, 0.25) is 0 Å². The van der Waals surface area contributed by atoms with E-state index in [-0.39, 0.29) is 0 Å². The molecule has 20 heavy (non-hydrogen) atoms. The Morgan fingerprint density at radius 3 is 2.65 bits per heavy atom. The summed E-state index contributed by atoms with van der Waals surface area (Å²) >= 11 is 0. The minimum atomic E-state index is -0.703. The van der Waals surface area contributed by atoms with Crippen LogP contribution in [0, 0.1) is 0 Å². The number of ether oxygens (including phenoxy) is 1. The van der Waals surface area contributed by atoms with Crippen LogP contribution >= 0.6 is 0 Å². The summed E-state index contributed by atoms with van der Waals surface area (Å²) < 4.78 is 6.48. The second-order valence-corrected chi connectivity index (χ2v) is 5.30. The van der Waals surface area contributed by atoms with Gasteiger partial charge in [-0.15, -0.1) is 0 Å². The molecule has 2 aromatic rings. The molecule has 0 aliphatic rings. The summed E-state index contributed by atoms with van der Waals surface area (Å²) in [6.07, 6.45) is 2.24. The van der Waals surface area contributed by atoms with Gasteiger partial charge in [-0.2, -0.15) is 14.8 Å². The van der Waals surface area contributed by atoms with E-state index >= 15 is 0 Å². The molecule has 0 fully saturated rings. The SMILES string of the molecule is CN(C(=O)OC(C)(C)C)C(=O)c1cnn2ncccc12. The summed E-state index contributed by atoms with van der Waals surface area (Å²) in [5, 5.41) is 7.93. The molecule has 0 atom stereocenters. The Bertz CT molecular complexity index is 657. The van der Waals surface area contributed by atoms with Gasteiger partial charge < -0.3 is 4.74 Å². The third kappa shape index (κ3) is 2.76. The van der Waals surface area contributed by atoms with E-state index in [1.807, 2.05) is 0 Å². The number of fused-ring (bicyclic) bond motifs is 1. The van der Waals surface area contributed by atoms with Gasteiger partial charge in [0.1, 0.15) is 11.1 Å². The maximum atomic E-state index is 12.3. The van der Waals surface area contributed by atoms with Crippen molar-refractivity contribution in [3.05, 3.63) is 30.1 Å². The van der Waals surface area contributed by atoms with Crippen molar-refractivity contribution in [1.82, 2.24) is 19.7 Å². The van der Waals surface area contributed by atoms with Crippen molar-refractivity contribution in [1.29, 1.82) is 0 Å². The van der Waals surface area contributed by atoms with Gasteiger partial charge in [-0.25, -0.2) is 9.69 Å². The molecule has 0 aliphatic carbocycles. The molecular weight excluding hydrogens is 260 g/mol. The molecule has 0 radical (unpaired) electrons. The van der Waals surface area contributed by atoms with Crippen molar-refractivity contribution in [2.24, 2.45) is 0 Å². The van der Waals surface area contributed by atoms with Crippen LogP contribution in [0.25, 0.3) is 5.52 Å². The van der Waals surface area contributed by atoms with Gasteiger partial charge in [-0.3, -0.25) is 4.79 Å². The highest BCUT2D eigenvalue weighted by Crippen LogP contribution is 2.14. The van der Waals surface area contributed by atoms with Gasteiger partial charge in [-0.05, 0) is 32.9 Å². The lowest BCUT2D eigenvalue weighted by Gasteiger charge is -2.23. The van der Waals surface area contributed by atoms with Crippen molar-refractivity contribution < 1.29 is 14.3 Å². The number of imide groups is 1. The number of nitrogens with zero attached hydrogens (tertiary/aromatic N) is 4. The van der Waals surface area contributed by atoms with E-state index in [1.165, 1.54) is 17.9 Å². The summed E-state index contributed by atoms with van der Waals surface area (Å²) in [6.45, 7) is 5.22. The quantitative estimate of drug-likeness (QED) is 0.792. The Balaban J connectivity index is 2.25. The van der Waals surface area contributed by atoms with Crippen molar-refractivity contribution in [3.8, 4) is 0 Å². The van der Waals surface area contributed by atoms with Gasteiger partial charge in [0, 0.05) is 13.2 Å². The molecule has 0 spiro atoms. The molecule has 7 heteroatoms. The summed E-state index contributed by atoms with van der Waals surface area (Å²) in [4.78, 5) is 25.1. The van der Waals surface area contributed by atoms with Crippen LogP contribution in [0.3, 0.4) is 0 Å². The number of hydrogen-bond acceptors (Lipinski definition) is 5. The summed E-state index contributed by atoms with van der Waals surface area (Å²) in [5.74, 6) is -0.484. The van der Waals surface area contributed by atoms with Gasteiger partial charge in [0.15, 0.2) is 0 Å². The van der Waals surface area contributed by atoms with Gasteiger partial charge in [0.25, 0.3) is 5.91 Å². The van der Waals surface area contributed by atoms with Crippen LogP contribution in [0.5, 0.6) is 0 Å². The largest absolute Gasteiger partial charge is 0.443 e. The summed E-state index contributed by atoms with van der Waals surface area (Å²) in [5.41, 5.74) is 0.174. The van der Waals surface area contributed by atoms with Gasteiger partial charge in [0.2, 0.25) is 0 Å². The molecule has 2 aromatic heterocycles. The molecule has 2 heterocycles. The highest BCUT2D eigenvalue weighted by molar-refractivity contribution is 6.06. The zero-order valence-electron chi connectivity index (χ0n) is 11.8. The van der Waals surface area contributed by atoms with Crippen LogP contribution in [-0.4, -0.2) is 44.4 Å². The van der Waals surface area contributed by atoms with Crippen molar-refractivity contribution in [3.63, 3.8) is 0 Å². The number of carbonyl (C=O) groups is 2. The van der Waals surface area contributed by atoms with E-state index in [0.717, 1.165) is 4.90 Å². The molecule has 7 nitrogen and oxygen atoms in total.